The van der Waals surface area contributed by atoms with Crippen molar-refractivity contribution in [3.8, 4) is 0 Å². The Bertz CT molecular complexity index is 245. The van der Waals surface area contributed by atoms with E-state index in [1.165, 1.54) is 6.42 Å². The Morgan fingerprint density at radius 1 is 1.16 bits per heavy atom. The van der Waals surface area contributed by atoms with Crippen molar-refractivity contribution in [3.63, 3.8) is 0 Å². The molecular formula is C16H28HfN2. The fourth-order valence-electron chi connectivity index (χ4n) is 1.07. The summed E-state index contributed by atoms with van der Waals surface area (Å²) in [5.74, 6) is 0. The molecule has 0 bridgehead atoms. The van der Waals surface area contributed by atoms with Crippen molar-refractivity contribution < 1.29 is 22.9 Å². The van der Waals surface area contributed by atoms with Crippen molar-refractivity contribution >= 4 is 0 Å². The first-order valence-electron chi connectivity index (χ1n) is 6.63. The standard InChI is InChI=1S/2C5H10N.C5H5.CH3.Hf/c2*1-3-4-5-6-2;1-2-4-5-3-1;;/h2*3H,1,4-5H2,2H3;1-3H,4H2;1H3;/q2*-1;;;+2. The third kappa shape index (κ3) is 20.2. The molecular weight excluding hydrogens is 399 g/mol. The van der Waals surface area contributed by atoms with Crippen LogP contribution in [0, 0.1) is 0 Å². The van der Waals surface area contributed by atoms with Gasteiger partial charge in [0.1, 0.15) is 0 Å². The zero-order valence-electron chi connectivity index (χ0n) is 12.7. The molecule has 0 aromatic heterocycles. The van der Waals surface area contributed by atoms with Gasteiger partial charge in [-0.2, -0.15) is 14.1 Å². The number of rotatable bonds is 7. The number of hydrogen-bond donors (Lipinski definition) is 0. The fraction of sp³-hybridized carbons (Fsp3) is 0.500. The van der Waals surface area contributed by atoms with Crippen molar-refractivity contribution in [1.82, 2.24) is 0 Å². The zero-order valence-corrected chi connectivity index (χ0v) is 16.3. The van der Waals surface area contributed by atoms with Crippen LogP contribution in [0.15, 0.2) is 46.9 Å². The fourth-order valence-corrected chi connectivity index (χ4v) is 3.17. The van der Waals surface area contributed by atoms with Gasteiger partial charge in [-0.15, -0.1) is 26.2 Å². The number of hydrogen-bond acceptors (Lipinski definition) is 0. The second-order valence-corrected chi connectivity index (χ2v) is 7.91. The summed E-state index contributed by atoms with van der Waals surface area (Å²) < 4.78 is 4.14. The van der Waals surface area contributed by atoms with E-state index in [4.69, 9.17) is 0 Å². The Balaban J connectivity index is 0. The van der Waals surface area contributed by atoms with Crippen LogP contribution in [0.4, 0.5) is 0 Å². The van der Waals surface area contributed by atoms with E-state index in [1.54, 1.807) is 3.33 Å². The molecule has 0 radical (unpaired) electrons. The predicted molar refractivity (Wildman–Crippen MR) is 85.6 cm³/mol. The average molecular weight is 427 g/mol. The second-order valence-electron chi connectivity index (χ2n) is 3.81. The molecule has 2 nitrogen and oxygen atoms in total. The molecule has 0 saturated carbocycles. The first kappa shape index (κ1) is 21.1. The van der Waals surface area contributed by atoms with Crippen LogP contribution in [-0.4, -0.2) is 27.2 Å². The van der Waals surface area contributed by atoms with Crippen molar-refractivity contribution in [2.45, 2.75) is 23.9 Å². The number of nitrogens with zero attached hydrogens (tertiary/aromatic N) is 2. The quantitative estimate of drug-likeness (QED) is 0.308. The molecule has 106 valence electrons. The monoisotopic (exact) mass is 428 g/mol. The molecule has 0 N–H and O–H groups in total. The Hall–Kier alpha value is -0.250. The van der Waals surface area contributed by atoms with Crippen LogP contribution in [-0.2, 0) is 22.9 Å². The summed E-state index contributed by atoms with van der Waals surface area (Å²) in [6.45, 7) is 8.92. The molecule has 0 aliphatic heterocycles. The molecule has 3 heteroatoms. The molecule has 1 rings (SSSR count). The van der Waals surface area contributed by atoms with Crippen molar-refractivity contribution in [1.29, 1.82) is 0 Å². The van der Waals surface area contributed by atoms with Gasteiger partial charge in [-0.05, 0) is 0 Å². The maximum atomic E-state index is 3.85. The third-order valence-corrected chi connectivity index (χ3v) is 5.85. The van der Waals surface area contributed by atoms with Gasteiger partial charge in [0.25, 0.3) is 0 Å². The van der Waals surface area contributed by atoms with Gasteiger partial charge in [0.05, 0.1) is 0 Å². The zero-order chi connectivity index (χ0) is 14.8. The van der Waals surface area contributed by atoms with Gasteiger partial charge in [-0.25, -0.2) is 0 Å². The maximum absolute atomic E-state index is 3.85. The van der Waals surface area contributed by atoms with Crippen LogP contribution in [0.1, 0.15) is 19.3 Å². The Kier molecular flexibility index (Phi) is 22.2. The molecule has 0 aromatic carbocycles. The predicted octanol–water partition coefficient (Wildman–Crippen LogP) is 5.09. The van der Waals surface area contributed by atoms with E-state index >= 15 is 0 Å². The molecule has 0 heterocycles. The molecule has 0 fully saturated rings. The molecule has 0 unspecified atom stereocenters. The Morgan fingerprint density at radius 3 is 1.84 bits per heavy atom. The summed E-state index contributed by atoms with van der Waals surface area (Å²) in [6, 6.07) is 0. The molecule has 1 aliphatic rings. The van der Waals surface area contributed by atoms with Crippen LogP contribution in [0.25, 0.3) is 10.6 Å². The molecule has 0 aromatic rings. The average Bonchev–Trinajstić information content (AvgIpc) is 2.97. The van der Waals surface area contributed by atoms with E-state index in [0.717, 1.165) is 25.9 Å². The van der Waals surface area contributed by atoms with Gasteiger partial charge in [0.2, 0.25) is 0 Å². The van der Waals surface area contributed by atoms with Crippen LogP contribution in [0.5, 0.6) is 0 Å². The van der Waals surface area contributed by atoms with Gasteiger partial charge in [0.15, 0.2) is 0 Å². The van der Waals surface area contributed by atoms with Crippen molar-refractivity contribution in [2.75, 3.05) is 27.2 Å². The van der Waals surface area contributed by atoms with Crippen molar-refractivity contribution in [2.24, 2.45) is 0 Å². The molecule has 0 saturated heterocycles. The third-order valence-electron chi connectivity index (χ3n) is 2.21. The summed E-state index contributed by atoms with van der Waals surface area (Å²) in [4.78, 5) is 0. The van der Waals surface area contributed by atoms with E-state index in [9.17, 15) is 0 Å². The van der Waals surface area contributed by atoms with Gasteiger partial charge in [0, 0.05) is 0 Å². The Labute approximate surface area is 131 Å². The molecule has 1 aliphatic carbocycles. The minimum absolute atomic E-state index is 0.221. The van der Waals surface area contributed by atoms with E-state index in [2.05, 4.69) is 46.7 Å². The van der Waals surface area contributed by atoms with Crippen LogP contribution < -0.4 is 0 Å². The summed E-state index contributed by atoms with van der Waals surface area (Å²) in [7, 11) is 3.62. The van der Waals surface area contributed by atoms with Crippen LogP contribution >= 0.6 is 0 Å². The SMILES string of the molecule is C=CCC[N-]C.C=CCC[N-]C.[CH3][Hf+2][C]1=CC=CC1. The summed E-state index contributed by atoms with van der Waals surface area (Å²) in [5, 5.41) is 7.71. The second kappa shape index (κ2) is 20.1. The number of allylic oxidation sites excluding steroid dienone is 4. The summed E-state index contributed by atoms with van der Waals surface area (Å²) in [6.07, 6.45) is 13.7. The molecule has 0 amide bonds. The van der Waals surface area contributed by atoms with E-state index < -0.39 is 0 Å². The van der Waals surface area contributed by atoms with Crippen LogP contribution in [0.2, 0.25) is 4.68 Å². The molecule has 19 heavy (non-hydrogen) atoms. The van der Waals surface area contributed by atoms with Gasteiger partial charge in [-0.3, -0.25) is 0 Å². The van der Waals surface area contributed by atoms with Gasteiger partial charge < -0.3 is 10.6 Å². The van der Waals surface area contributed by atoms with Crippen molar-refractivity contribution in [3.05, 3.63) is 57.5 Å². The van der Waals surface area contributed by atoms with E-state index in [1.807, 2.05) is 26.2 Å². The Morgan fingerprint density at radius 2 is 1.68 bits per heavy atom. The van der Waals surface area contributed by atoms with E-state index in [-0.39, 0.29) is 22.9 Å². The first-order valence-corrected chi connectivity index (χ1v) is 12.0. The molecule has 0 atom stereocenters. The summed E-state index contributed by atoms with van der Waals surface area (Å²) in [5.41, 5.74) is 0. The summed E-state index contributed by atoms with van der Waals surface area (Å²) >= 11 is -0.221. The first-order chi connectivity index (χ1) is 9.26. The van der Waals surface area contributed by atoms with Gasteiger partial charge >= 0.3 is 55.6 Å². The van der Waals surface area contributed by atoms with Gasteiger partial charge in [-0.1, -0.05) is 25.0 Å². The minimum atomic E-state index is -0.221. The normalized spacial score (nSPS) is 11.2. The van der Waals surface area contributed by atoms with E-state index in [0.29, 0.717) is 0 Å². The molecule has 0 spiro atoms. The van der Waals surface area contributed by atoms with Crippen LogP contribution in [0.3, 0.4) is 0 Å². The topological polar surface area (TPSA) is 28.2 Å².